The SMILES string of the molecule is CC(C)(C)[C@@H](C(=O)N1C[C@H](O)C[C@H]1C(=O)NC1(Cn2ccnc2)CC(F)(F)C1)n1cc(C2CC2)nn1. The summed E-state index contributed by atoms with van der Waals surface area (Å²) < 4.78 is 31.1. The Morgan fingerprint density at radius 3 is 2.58 bits per heavy atom. The van der Waals surface area contributed by atoms with Gasteiger partial charge in [-0.25, -0.2) is 18.4 Å². The number of nitrogens with zero attached hydrogens (tertiary/aromatic N) is 6. The molecule has 0 radical (unpaired) electrons. The summed E-state index contributed by atoms with van der Waals surface area (Å²) in [5, 5.41) is 21.7. The van der Waals surface area contributed by atoms with E-state index in [4.69, 9.17) is 0 Å². The molecule has 2 saturated carbocycles. The molecule has 2 amide bonds. The third kappa shape index (κ3) is 4.87. The first-order valence-corrected chi connectivity index (χ1v) is 12.4. The number of β-amino-alcohol motifs (C(OH)–C–C–N with tert-alkyl or cyclic N) is 1. The molecule has 3 aliphatic rings. The fourth-order valence-corrected chi connectivity index (χ4v) is 5.58. The summed E-state index contributed by atoms with van der Waals surface area (Å²) in [4.78, 5) is 32.6. The number of alkyl halides is 2. The molecule has 196 valence electrons. The van der Waals surface area contributed by atoms with Crippen LogP contribution < -0.4 is 5.32 Å². The van der Waals surface area contributed by atoms with E-state index >= 15 is 0 Å². The Bertz CT molecular complexity index is 1120. The molecule has 36 heavy (non-hydrogen) atoms. The number of halogens is 2. The average Bonchev–Trinajstić information content (AvgIpc) is 3.10. The summed E-state index contributed by atoms with van der Waals surface area (Å²) in [5.41, 5.74) is -0.864. The van der Waals surface area contributed by atoms with E-state index in [0.29, 0.717) is 5.92 Å². The molecule has 2 aromatic rings. The fourth-order valence-electron chi connectivity index (χ4n) is 5.58. The van der Waals surface area contributed by atoms with Gasteiger partial charge in [-0.15, -0.1) is 5.10 Å². The number of nitrogens with one attached hydrogen (secondary N) is 1. The zero-order valence-corrected chi connectivity index (χ0v) is 20.8. The molecule has 3 fully saturated rings. The summed E-state index contributed by atoms with van der Waals surface area (Å²) in [6.45, 7) is 5.86. The van der Waals surface area contributed by atoms with E-state index in [1.165, 1.54) is 11.2 Å². The van der Waals surface area contributed by atoms with Gasteiger partial charge < -0.3 is 19.9 Å². The van der Waals surface area contributed by atoms with Crippen LogP contribution in [0.3, 0.4) is 0 Å². The van der Waals surface area contributed by atoms with Crippen molar-refractivity contribution in [1.29, 1.82) is 0 Å². The smallest absolute Gasteiger partial charge is 0.252 e. The standard InChI is InChI=1S/C24H33F2N7O3/c1-22(2,3)19(33-10-17(29-30-33)15-4-5-15)21(36)32-9-16(34)8-18(32)20(35)28-23(11-24(25,26)12-23)13-31-7-6-27-14-31/h6-7,10,14-16,18-19,34H,4-5,8-9,11-13H2,1-3H3,(H,28,35)/t16-,18+,19-/m1/s1. The number of aromatic nitrogens is 5. The summed E-state index contributed by atoms with van der Waals surface area (Å²) >= 11 is 0. The van der Waals surface area contributed by atoms with Crippen molar-refractivity contribution < 1.29 is 23.5 Å². The third-order valence-electron chi connectivity index (χ3n) is 7.33. The second kappa shape index (κ2) is 8.60. The topological polar surface area (TPSA) is 118 Å². The van der Waals surface area contributed by atoms with Gasteiger partial charge in [-0.2, -0.15) is 0 Å². The van der Waals surface area contributed by atoms with Gasteiger partial charge in [0.1, 0.15) is 12.1 Å². The van der Waals surface area contributed by atoms with Crippen LogP contribution in [-0.2, 0) is 16.1 Å². The van der Waals surface area contributed by atoms with Crippen LogP contribution in [0, 0.1) is 5.41 Å². The Morgan fingerprint density at radius 1 is 1.28 bits per heavy atom. The van der Waals surface area contributed by atoms with Crippen molar-refractivity contribution in [2.75, 3.05) is 6.54 Å². The van der Waals surface area contributed by atoms with Gasteiger partial charge in [0.15, 0.2) is 0 Å². The van der Waals surface area contributed by atoms with E-state index in [1.54, 1.807) is 27.8 Å². The van der Waals surface area contributed by atoms with Gasteiger partial charge in [-0.3, -0.25) is 9.59 Å². The molecule has 3 heterocycles. The molecule has 2 aliphatic carbocycles. The van der Waals surface area contributed by atoms with Crippen LogP contribution in [0.15, 0.2) is 24.9 Å². The van der Waals surface area contributed by atoms with Gasteiger partial charge in [0, 0.05) is 56.9 Å². The van der Waals surface area contributed by atoms with E-state index in [0.717, 1.165) is 18.5 Å². The normalized spacial score (nSPS) is 25.9. The number of aliphatic hydroxyl groups excluding tert-OH is 1. The summed E-state index contributed by atoms with van der Waals surface area (Å²) in [6, 6.07) is -1.72. The predicted molar refractivity (Wildman–Crippen MR) is 124 cm³/mol. The molecular weight excluding hydrogens is 472 g/mol. The van der Waals surface area contributed by atoms with Crippen molar-refractivity contribution in [3.63, 3.8) is 0 Å². The summed E-state index contributed by atoms with van der Waals surface area (Å²) in [6.07, 6.45) is 6.76. The van der Waals surface area contributed by atoms with Gasteiger partial charge >= 0.3 is 0 Å². The number of aliphatic hydroxyl groups is 1. The third-order valence-corrected chi connectivity index (χ3v) is 7.33. The number of likely N-dealkylation sites (tertiary alicyclic amines) is 1. The molecule has 2 N–H and O–H groups in total. The lowest BCUT2D eigenvalue weighted by Gasteiger charge is -2.48. The van der Waals surface area contributed by atoms with Gasteiger partial charge in [-0.05, 0) is 18.3 Å². The highest BCUT2D eigenvalue weighted by molar-refractivity contribution is 5.90. The number of amides is 2. The number of imidazole rings is 1. The fraction of sp³-hybridized carbons (Fsp3) is 0.708. The molecule has 0 spiro atoms. The van der Waals surface area contributed by atoms with Crippen molar-refractivity contribution in [3.8, 4) is 0 Å². The van der Waals surface area contributed by atoms with E-state index in [2.05, 4.69) is 20.6 Å². The summed E-state index contributed by atoms with van der Waals surface area (Å²) in [7, 11) is 0. The first kappa shape index (κ1) is 24.8. The molecule has 1 aliphatic heterocycles. The van der Waals surface area contributed by atoms with E-state index in [-0.39, 0.29) is 25.4 Å². The maximum absolute atomic E-state index is 13.9. The quantitative estimate of drug-likeness (QED) is 0.593. The van der Waals surface area contributed by atoms with Crippen LogP contribution in [-0.4, -0.2) is 76.5 Å². The van der Waals surface area contributed by atoms with Crippen LogP contribution in [0.4, 0.5) is 8.78 Å². The van der Waals surface area contributed by atoms with Crippen molar-refractivity contribution >= 4 is 11.8 Å². The van der Waals surface area contributed by atoms with Crippen molar-refractivity contribution in [3.05, 3.63) is 30.6 Å². The Balaban J connectivity index is 1.36. The Labute approximate surface area is 208 Å². The molecule has 0 unspecified atom stereocenters. The highest BCUT2D eigenvalue weighted by atomic mass is 19.3. The molecule has 0 aromatic carbocycles. The second-order valence-electron chi connectivity index (χ2n) is 11.8. The number of rotatable bonds is 7. The predicted octanol–water partition coefficient (Wildman–Crippen LogP) is 1.89. The molecule has 0 bridgehead atoms. The van der Waals surface area contributed by atoms with Crippen LogP contribution in [0.1, 0.15) is 70.5 Å². The lowest BCUT2D eigenvalue weighted by atomic mass is 9.73. The van der Waals surface area contributed by atoms with E-state index < -0.39 is 53.8 Å². The molecular formula is C24H33F2N7O3. The van der Waals surface area contributed by atoms with E-state index in [1.807, 2.05) is 20.8 Å². The molecule has 1 saturated heterocycles. The summed E-state index contributed by atoms with van der Waals surface area (Å²) in [5.74, 6) is -3.40. The zero-order chi connectivity index (χ0) is 25.9. The zero-order valence-electron chi connectivity index (χ0n) is 20.8. The highest BCUT2D eigenvalue weighted by Crippen LogP contribution is 2.47. The monoisotopic (exact) mass is 505 g/mol. The number of carbonyl (C=O) groups excluding carboxylic acids is 2. The van der Waals surface area contributed by atoms with Crippen molar-refractivity contribution in [2.45, 2.75) is 95.0 Å². The lowest BCUT2D eigenvalue weighted by molar-refractivity contribution is -0.156. The Kier molecular flexibility index (Phi) is 5.92. The molecule has 3 atom stereocenters. The molecule has 10 nitrogen and oxygen atoms in total. The largest absolute Gasteiger partial charge is 0.391 e. The maximum atomic E-state index is 13.9. The van der Waals surface area contributed by atoms with Gasteiger partial charge in [0.05, 0.1) is 23.7 Å². The lowest BCUT2D eigenvalue weighted by Crippen LogP contribution is -2.66. The Morgan fingerprint density at radius 2 is 2.00 bits per heavy atom. The van der Waals surface area contributed by atoms with Crippen LogP contribution >= 0.6 is 0 Å². The molecule has 12 heteroatoms. The minimum atomic E-state index is -2.87. The van der Waals surface area contributed by atoms with Crippen LogP contribution in [0.2, 0.25) is 0 Å². The number of hydrogen-bond donors (Lipinski definition) is 2. The Hall–Kier alpha value is -2.89. The first-order valence-electron chi connectivity index (χ1n) is 12.4. The molecule has 2 aromatic heterocycles. The molecule has 5 rings (SSSR count). The number of carbonyl (C=O) groups is 2. The minimum absolute atomic E-state index is 0.0155. The first-order chi connectivity index (χ1) is 16.9. The van der Waals surface area contributed by atoms with Gasteiger partial charge in [0.25, 0.3) is 5.92 Å². The van der Waals surface area contributed by atoms with Crippen LogP contribution in [0.5, 0.6) is 0 Å². The van der Waals surface area contributed by atoms with Crippen molar-refractivity contribution in [1.82, 2.24) is 34.8 Å². The number of hydrogen-bond acceptors (Lipinski definition) is 6. The van der Waals surface area contributed by atoms with Crippen molar-refractivity contribution in [2.24, 2.45) is 5.41 Å². The van der Waals surface area contributed by atoms with E-state index in [9.17, 15) is 23.5 Å². The minimum Gasteiger partial charge on any atom is -0.391 e. The van der Waals surface area contributed by atoms with Gasteiger partial charge in [0.2, 0.25) is 11.8 Å². The van der Waals surface area contributed by atoms with Gasteiger partial charge in [-0.1, -0.05) is 26.0 Å². The van der Waals surface area contributed by atoms with Crippen LogP contribution in [0.25, 0.3) is 0 Å². The average molecular weight is 506 g/mol. The second-order valence-corrected chi connectivity index (χ2v) is 11.8. The highest BCUT2D eigenvalue weighted by Gasteiger charge is 2.58. The maximum Gasteiger partial charge on any atom is 0.252 e.